The van der Waals surface area contributed by atoms with Gasteiger partial charge in [-0.3, -0.25) is 0 Å². The second-order valence-electron chi connectivity index (χ2n) is 10.1. The van der Waals surface area contributed by atoms with Gasteiger partial charge >= 0.3 is 0 Å². The molecule has 2 rings (SSSR count). The summed E-state index contributed by atoms with van der Waals surface area (Å²) in [6.07, 6.45) is 13.6. The van der Waals surface area contributed by atoms with Crippen molar-refractivity contribution in [3.05, 3.63) is 63.2 Å². The summed E-state index contributed by atoms with van der Waals surface area (Å²) < 4.78 is 0. The van der Waals surface area contributed by atoms with E-state index in [2.05, 4.69) is 65.8 Å². The zero-order valence-corrected chi connectivity index (χ0v) is 22.9. The fourth-order valence-corrected chi connectivity index (χ4v) is 4.99. The lowest BCUT2D eigenvalue weighted by atomic mass is 9.82. The number of benzene rings is 2. The molecule has 0 fully saturated rings. The second kappa shape index (κ2) is 14.2. The van der Waals surface area contributed by atoms with E-state index in [4.69, 9.17) is 11.5 Å². The summed E-state index contributed by atoms with van der Waals surface area (Å²) in [5, 5.41) is 0. The van der Waals surface area contributed by atoms with Crippen molar-refractivity contribution < 1.29 is 0 Å². The largest absolute Gasteiger partial charge is 0.398 e. The zero-order valence-electron chi connectivity index (χ0n) is 22.9. The summed E-state index contributed by atoms with van der Waals surface area (Å²) in [5.74, 6) is 0. The monoisotopic (exact) mass is 462 g/mol. The van der Waals surface area contributed by atoms with E-state index in [1.165, 1.54) is 83.1 Å². The maximum Gasteiger partial charge on any atom is 0.0385 e. The molecule has 0 aromatic heterocycles. The predicted molar refractivity (Wildman–Crippen MR) is 154 cm³/mol. The van der Waals surface area contributed by atoms with Crippen LogP contribution in [-0.2, 0) is 25.7 Å². The van der Waals surface area contributed by atoms with Crippen LogP contribution in [0.15, 0.2) is 29.8 Å². The van der Waals surface area contributed by atoms with Crippen LogP contribution >= 0.6 is 0 Å². The first kappa shape index (κ1) is 28.0. The van der Waals surface area contributed by atoms with Gasteiger partial charge in [0.2, 0.25) is 0 Å². The quantitative estimate of drug-likeness (QED) is 0.275. The SMILES string of the molecule is CCCCc1ccc(C(=C(C)C)c2ccc(CCCC)c(N)c2CCCC)c(CCCC)c1N. The Kier molecular flexibility index (Phi) is 11.7. The number of hydrogen-bond acceptors (Lipinski definition) is 2. The first-order valence-corrected chi connectivity index (χ1v) is 13.9. The number of anilines is 2. The minimum absolute atomic E-state index is 1.01. The molecule has 0 bridgehead atoms. The van der Waals surface area contributed by atoms with Crippen LogP contribution in [0, 0.1) is 0 Å². The van der Waals surface area contributed by atoms with Gasteiger partial charge in [-0.2, -0.15) is 0 Å². The van der Waals surface area contributed by atoms with Gasteiger partial charge in [-0.15, -0.1) is 0 Å². The van der Waals surface area contributed by atoms with Crippen molar-refractivity contribution in [1.29, 1.82) is 0 Å². The number of rotatable bonds is 14. The van der Waals surface area contributed by atoms with Gasteiger partial charge in [-0.05, 0) is 104 Å². The van der Waals surface area contributed by atoms with E-state index >= 15 is 0 Å². The molecule has 0 saturated carbocycles. The van der Waals surface area contributed by atoms with Gasteiger partial charge < -0.3 is 11.5 Å². The topological polar surface area (TPSA) is 52.0 Å². The molecule has 0 heterocycles. The van der Waals surface area contributed by atoms with E-state index in [0.29, 0.717) is 0 Å². The third-order valence-corrected chi connectivity index (χ3v) is 7.09. The van der Waals surface area contributed by atoms with Gasteiger partial charge in [0, 0.05) is 11.4 Å². The molecule has 34 heavy (non-hydrogen) atoms. The van der Waals surface area contributed by atoms with E-state index in [-0.39, 0.29) is 0 Å². The van der Waals surface area contributed by atoms with E-state index in [0.717, 1.165) is 49.9 Å². The van der Waals surface area contributed by atoms with Crippen LogP contribution in [-0.4, -0.2) is 0 Å². The summed E-state index contributed by atoms with van der Waals surface area (Å²) in [6, 6.07) is 9.26. The average Bonchev–Trinajstić information content (AvgIpc) is 2.82. The Morgan fingerprint density at radius 3 is 1.24 bits per heavy atom. The molecule has 2 aromatic carbocycles. The number of allylic oxidation sites excluding steroid dienone is 1. The van der Waals surface area contributed by atoms with Gasteiger partial charge in [0.15, 0.2) is 0 Å². The highest BCUT2D eigenvalue weighted by Crippen LogP contribution is 2.39. The third kappa shape index (κ3) is 6.90. The van der Waals surface area contributed by atoms with Crippen molar-refractivity contribution in [2.75, 3.05) is 11.5 Å². The van der Waals surface area contributed by atoms with Crippen molar-refractivity contribution >= 4 is 16.9 Å². The molecule has 4 N–H and O–H groups in total. The fourth-order valence-electron chi connectivity index (χ4n) is 4.99. The molecule has 0 radical (unpaired) electrons. The third-order valence-electron chi connectivity index (χ3n) is 7.09. The Bertz CT molecular complexity index is 876. The predicted octanol–water partition coefficient (Wildman–Crippen LogP) is 9.06. The lowest BCUT2D eigenvalue weighted by Gasteiger charge is -2.23. The molecule has 0 aliphatic rings. The Morgan fingerprint density at radius 1 is 0.559 bits per heavy atom. The van der Waals surface area contributed by atoms with Crippen LogP contribution in [0.5, 0.6) is 0 Å². The number of nitrogens with two attached hydrogens (primary N) is 2. The van der Waals surface area contributed by atoms with Crippen molar-refractivity contribution in [2.24, 2.45) is 0 Å². The maximum atomic E-state index is 6.86. The van der Waals surface area contributed by atoms with E-state index in [9.17, 15) is 0 Å². The molecule has 0 spiro atoms. The molecule has 2 aromatic rings. The van der Waals surface area contributed by atoms with Gasteiger partial charge in [-0.25, -0.2) is 0 Å². The number of unbranched alkanes of at least 4 members (excludes halogenated alkanes) is 4. The van der Waals surface area contributed by atoms with E-state index in [1.807, 2.05) is 0 Å². The fraction of sp³-hybridized carbons (Fsp3) is 0.562. The minimum atomic E-state index is 1.01. The standard InChI is InChI=1S/C32H50N2/c1-7-11-15-24-19-21-26(28(31(24)33)17-13-9-3)30(23(5)6)27-22-20-25(16-12-8-2)32(34)29(27)18-14-10-4/h19-22H,7-18,33-34H2,1-6H3. The highest BCUT2D eigenvalue weighted by atomic mass is 14.6. The summed E-state index contributed by atoms with van der Waals surface area (Å²) in [5.41, 5.74) is 26.3. The van der Waals surface area contributed by atoms with Gasteiger partial charge in [-0.1, -0.05) is 83.2 Å². The van der Waals surface area contributed by atoms with Crippen LogP contribution in [0.4, 0.5) is 11.4 Å². The van der Waals surface area contributed by atoms with Gasteiger partial charge in [0.1, 0.15) is 0 Å². The lowest BCUT2D eigenvalue weighted by Crippen LogP contribution is -2.09. The molecule has 0 aliphatic carbocycles. The molecule has 2 nitrogen and oxygen atoms in total. The Morgan fingerprint density at radius 2 is 0.912 bits per heavy atom. The minimum Gasteiger partial charge on any atom is -0.398 e. The molecule has 0 aliphatic heterocycles. The van der Waals surface area contributed by atoms with Crippen LogP contribution in [0.25, 0.3) is 5.57 Å². The summed E-state index contributed by atoms with van der Waals surface area (Å²) in [4.78, 5) is 0. The Balaban J connectivity index is 2.72. The van der Waals surface area contributed by atoms with Crippen LogP contribution in [0.1, 0.15) is 126 Å². The van der Waals surface area contributed by atoms with Crippen LogP contribution in [0.2, 0.25) is 0 Å². The summed E-state index contributed by atoms with van der Waals surface area (Å²) >= 11 is 0. The summed E-state index contributed by atoms with van der Waals surface area (Å²) in [7, 11) is 0. The molecule has 0 unspecified atom stereocenters. The highest BCUT2D eigenvalue weighted by molar-refractivity contribution is 5.88. The molecule has 0 saturated heterocycles. The normalized spacial score (nSPS) is 11.1. The Labute approximate surface area is 210 Å². The first-order valence-electron chi connectivity index (χ1n) is 13.9. The second-order valence-corrected chi connectivity index (χ2v) is 10.1. The van der Waals surface area contributed by atoms with Crippen molar-refractivity contribution in [3.8, 4) is 0 Å². The lowest BCUT2D eigenvalue weighted by molar-refractivity contribution is 0.780. The molecule has 188 valence electrons. The Hall–Kier alpha value is -2.22. The summed E-state index contributed by atoms with van der Waals surface area (Å²) in [6.45, 7) is 13.5. The molecule has 0 atom stereocenters. The number of nitrogen functional groups attached to an aromatic ring is 2. The average molecular weight is 463 g/mol. The maximum absolute atomic E-state index is 6.86. The molecular formula is C32H50N2. The molecule has 2 heteroatoms. The van der Waals surface area contributed by atoms with Gasteiger partial charge in [0.05, 0.1) is 0 Å². The van der Waals surface area contributed by atoms with E-state index < -0.39 is 0 Å². The molecule has 0 amide bonds. The van der Waals surface area contributed by atoms with Crippen molar-refractivity contribution in [3.63, 3.8) is 0 Å². The van der Waals surface area contributed by atoms with Crippen LogP contribution in [0.3, 0.4) is 0 Å². The van der Waals surface area contributed by atoms with Gasteiger partial charge in [0.25, 0.3) is 0 Å². The van der Waals surface area contributed by atoms with Crippen molar-refractivity contribution in [2.45, 2.75) is 119 Å². The first-order chi connectivity index (χ1) is 16.4. The number of aryl methyl sites for hydroxylation is 2. The smallest absolute Gasteiger partial charge is 0.0385 e. The zero-order chi connectivity index (χ0) is 25.1. The molecular weight excluding hydrogens is 412 g/mol. The van der Waals surface area contributed by atoms with Crippen LogP contribution < -0.4 is 11.5 Å². The highest BCUT2D eigenvalue weighted by Gasteiger charge is 2.20. The van der Waals surface area contributed by atoms with E-state index in [1.54, 1.807) is 0 Å². The number of hydrogen-bond donors (Lipinski definition) is 2. The van der Waals surface area contributed by atoms with Crippen molar-refractivity contribution in [1.82, 2.24) is 0 Å².